The molecule has 0 radical (unpaired) electrons. The zero-order valence-corrected chi connectivity index (χ0v) is 13.6. The number of carbonyl (C=O) groups is 2. The molecule has 1 aliphatic carbocycles. The van der Waals surface area contributed by atoms with E-state index in [-0.39, 0.29) is 11.8 Å². The number of hydrogen-bond acceptors (Lipinski definition) is 5. The highest BCUT2D eigenvalue weighted by atomic mass is 16.5. The van der Waals surface area contributed by atoms with Gasteiger partial charge in [0.2, 0.25) is 5.91 Å². The molecule has 1 N–H and O–H groups in total. The topological polar surface area (TPSA) is 81.4 Å². The number of carbonyl (C=O) groups excluding carboxylic acids is 2. The SMILES string of the molecule is COc1cc(NC(=O)CC2CCC(=O)CC2)ccc1-c1cnco1. The molecule has 0 spiro atoms. The number of amides is 1. The second-order valence-electron chi connectivity index (χ2n) is 6.02. The molecule has 1 heterocycles. The number of ketones is 1. The fourth-order valence-corrected chi connectivity index (χ4v) is 3.00. The number of ether oxygens (including phenoxy) is 1. The number of nitrogens with one attached hydrogen (secondary N) is 1. The lowest BCUT2D eigenvalue weighted by molar-refractivity contribution is -0.123. The van der Waals surface area contributed by atoms with Crippen LogP contribution >= 0.6 is 0 Å². The molecule has 24 heavy (non-hydrogen) atoms. The van der Waals surface area contributed by atoms with Gasteiger partial charge >= 0.3 is 0 Å². The number of hydrogen-bond donors (Lipinski definition) is 1. The van der Waals surface area contributed by atoms with Crippen LogP contribution in [0.5, 0.6) is 5.75 Å². The van der Waals surface area contributed by atoms with Gasteiger partial charge in [-0.1, -0.05) is 0 Å². The van der Waals surface area contributed by atoms with E-state index in [0.717, 1.165) is 18.4 Å². The Morgan fingerprint density at radius 2 is 2.17 bits per heavy atom. The molecule has 1 aromatic heterocycles. The quantitative estimate of drug-likeness (QED) is 0.909. The molecular weight excluding hydrogens is 308 g/mol. The van der Waals surface area contributed by atoms with Gasteiger partial charge in [-0.2, -0.15) is 0 Å². The van der Waals surface area contributed by atoms with Gasteiger partial charge in [-0.05, 0) is 30.9 Å². The number of anilines is 1. The molecule has 126 valence electrons. The lowest BCUT2D eigenvalue weighted by Crippen LogP contribution is -2.21. The van der Waals surface area contributed by atoms with Gasteiger partial charge in [0.15, 0.2) is 12.2 Å². The van der Waals surface area contributed by atoms with E-state index in [0.29, 0.717) is 42.2 Å². The summed E-state index contributed by atoms with van der Waals surface area (Å²) >= 11 is 0. The molecule has 1 aromatic carbocycles. The Morgan fingerprint density at radius 3 is 2.83 bits per heavy atom. The molecule has 2 aromatic rings. The average Bonchev–Trinajstić information content (AvgIpc) is 3.11. The third-order valence-electron chi connectivity index (χ3n) is 4.32. The molecular formula is C18H20N2O4. The largest absolute Gasteiger partial charge is 0.496 e. The van der Waals surface area contributed by atoms with Gasteiger partial charge in [-0.25, -0.2) is 4.98 Å². The molecule has 1 fully saturated rings. The molecule has 0 bridgehead atoms. The van der Waals surface area contributed by atoms with E-state index in [4.69, 9.17) is 9.15 Å². The van der Waals surface area contributed by atoms with Gasteiger partial charge in [0.25, 0.3) is 0 Å². The maximum atomic E-state index is 12.2. The van der Waals surface area contributed by atoms with Crippen LogP contribution in [-0.4, -0.2) is 23.8 Å². The summed E-state index contributed by atoms with van der Waals surface area (Å²) in [6.07, 6.45) is 6.22. The van der Waals surface area contributed by atoms with E-state index >= 15 is 0 Å². The van der Waals surface area contributed by atoms with Crippen LogP contribution in [0.4, 0.5) is 5.69 Å². The Kier molecular flexibility index (Phi) is 4.93. The van der Waals surface area contributed by atoms with Crippen molar-refractivity contribution in [2.75, 3.05) is 12.4 Å². The molecule has 0 aliphatic heterocycles. The summed E-state index contributed by atoms with van der Waals surface area (Å²) in [5.74, 6) is 1.77. The zero-order valence-electron chi connectivity index (χ0n) is 13.6. The van der Waals surface area contributed by atoms with Crippen LogP contribution in [0.3, 0.4) is 0 Å². The first-order chi connectivity index (χ1) is 11.7. The number of oxazole rings is 1. The molecule has 0 atom stereocenters. The molecule has 6 heteroatoms. The van der Waals surface area contributed by atoms with Crippen molar-refractivity contribution in [1.29, 1.82) is 0 Å². The van der Waals surface area contributed by atoms with Crippen molar-refractivity contribution in [3.05, 3.63) is 30.8 Å². The molecule has 6 nitrogen and oxygen atoms in total. The van der Waals surface area contributed by atoms with E-state index in [1.165, 1.54) is 6.39 Å². The van der Waals surface area contributed by atoms with Crippen molar-refractivity contribution in [1.82, 2.24) is 4.98 Å². The van der Waals surface area contributed by atoms with Crippen molar-refractivity contribution in [3.63, 3.8) is 0 Å². The Labute approximate surface area is 140 Å². The first kappa shape index (κ1) is 16.2. The Morgan fingerprint density at radius 1 is 1.38 bits per heavy atom. The van der Waals surface area contributed by atoms with Gasteiger partial charge in [0, 0.05) is 31.0 Å². The highest BCUT2D eigenvalue weighted by Gasteiger charge is 2.21. The van der Waals surface area contributed by atoms with Crippen molar-refractivity contribution < 1.29 is 18.7 Å². The maximum Gasteiger partial charge on any atom is 0.224 e. The number of Topliss-reactive ketones (excluding diaryl/α,β-unsaturated/α-hetero) is 1. The summed E-state index contributed by atoms with van der Waals surface area (Å²) in [5.41, 5.74) is 1.45. The predicted octanol–water partition coefficient (Wildman–Crippen LogP) is 3.44. The van der Waals surface area contributed by atoms with Crippen LogP contribution < -0.4 is 10.1 Å². The number of benzene rings is 1. The molecule has 1 saturated carbocycles. The van der Waals surface area contributed by atoms with Crippen molar-refractivity contribution in [2.45, 2.75) is 32.1 Å². The van der Waals surface area contributed by atoms with Crippen LogP contribution in [0.25, 0.3) is 11.3 Å². The van der Waals surface area contributed by atoms with E-state index < -0.39 is 0 Å². The fraction of sp³-hybridized carbons (Fsp3) is 0.389. The van der Waals surface area contributed by atoms with Crippen molar-refractivity contribution in [2.24, 2.45) is 5.92 Å². The number of methoxy groups -OCH3 is 1. The number of nitrogens with zero attached hydrogens (tertiary/aromatic N) is 1. The van der Waals surface area contributed by atoms with E-state index in [9.17, 15) is 9.59 Å². The lowest BCUT2D eigenvalue weighted by Gasteiger charge is -2.20. The molecule has 0 saturated heterocycles. The number of aromatic nitrogens is 1. The molecule has 1 aliphatic rings. The van der Waals surface area contributed by atoms with Gasteiger partial charge < -0.3 is 14.5 Å². The summed E-state index contributed by atoms with van der Waals surface area (Å²) in [7, 11) is 1.57. The van der Waals surface area contributed by atoms with Crippen LogP contribution in [0, 0.1) is 5.92 Å². The summed E-state index contributed by atoms with van der Waals surface area (Å²) in [6, 6.07) is 5.40. The normalized spacial score (nSPS) is 15.3. The summed E-state index contributed by atoms with van der Waals surface area (Å²) < 4.78 is 10.7. The second kappa shape index (κ2) is 7.29. The van der Waals surface area contributed by atoms with Crippen LogP contribution in [-0.2, 0) is 9.59 Å². The van der Waals surface area contributed by atoms with Crippen LogP contribution in [0.1, 0.15) is 32.1 Å². The summed E-state index contributed by atoms with van der Waals surface area (Å²) in [4.78, 5) is 27.4. The minimum Gasteiger partial charge on any atom is -0.496 e. The van der Waals surface area contributed by atoms with Crippen molar-refractivity contribution in [3.8, 4) is 17.1 Å². The molecule has 1 amide bonds. The molecule has 3 rings (SSSR count). The lowest BCUT2D eigenvalue weighted by atomic mass is 9.86. The van der Waals surface area contributed by atoms with E-state index in [2.05, 4.69) is 10.3 Å². The van der Waals surface area contributed by atoms with Crippen LogP contribution in [0.2, 0.25) is 0 Å². The van der Waals surface area contributed by atoms with Crippen molar-refractivity contribution >= 4 is 17.4 Å². The van der Waals surface area contributed by atoms with Gasteiger partial charge in [0.05, 0.1) is 18.9 Å². The third-order valence-corrected chi connectivity index (χ3v) is 4.32. The summed E-state index contributed by atoms with van der Waals surface area (Å²) in [5, 5.41) is 2.90. The van der Waals surface area contributed by atoms with Gasteiger partial charge in [0.1, 0.15) is 11.5 Å². The fourth-order valence-electron chi connectivity index (χ4n) is 3.00. The smallest absolute Gasteiger partial charge is 0.224 e. The second-order valence-corrected chi connectivity index (χ2v) is 6.02. The predicted molar refractivity (Wildman–Crippen MR) is 88.7 cm³/mol. The van der Waals surface area contributed by atoms with Gasteiger partial charge in [-0.15, -0.1) is 0 Å². The summed E-state index contributed by atoms with van der Waals surface area (Å²) in [6.45, 7) is 0. The maximum absolute atomic E-state index is 12.2. The minimum absolute atomic E-state index is 0.0381. The van der Waals surface area contributed by atoms with Gasteiger partial charge in [-0.3, -0.25) is 9.59 Å². The third kappa shape index (κ3) is 3.82. The van der Waals surface area contributed by atoms with Crippen LogP contribution in [0.15, 0.2) is 35.2 Å². The Bertz CT molecular complexity index is 715. The van der Waals surface area contributed by atoms with E-state index in [1.54, 1.807) is 19.4 Å². The number of rotatable bonds is 5. The van der Waals surface area contributed by atoms with E-state index in [1.807, 2.05) is 12.1 Å². The minimum atomic E-state index is -0.0381. The first-order valence-electron chi connectivity index (χ1n) is 8.04. The average molecular weight is 328 g/mol. The Balaban J connectivity index is 1.64. The monoisotopic (exact) mass is 328 g/mol. The first-order valence-corrected chi connectivity index (χ1v) is 8.04. The highest BCUT2D eigenvalue weighted by Crippen LogP contribution is 2.32. The highest BCUT2D eigenvalue weighted by molar-refractivity contribution is 5.92. The molecule has 0 unspecified atom stereocenters. The standard InChI is InChI=1S/C18H20N2O4/c1-23-16-9-13(4-7-15(16)17-10-19-11-24-17)20-18(22)8-12-2-5-14(21)6-3-12/h4,7,9-12H,2-3,5-6,8H2,1H3,(H,20,22). The zero-order chi connectivity index (χ0) is 16.9. The Hall–Kier alpha value is -2.63.